The van der Waals surface area contributed by atoms with Crippen LogP contribution in [0.4, 0.5) is 5.69 Å². The lowest BCUT2D eigenvalue weighted by Crippen LogP contribution is -2.11. The number of benzene rings is 1. The summed E-state index contributed by atoms with van der Waals surface area (Å²) in [7, 11) is 0. The molecule has 4 aromatic rings. The molecule has 0 saturated heterocycles. The molecule has 8 heteroatoms. The largest absolute Gasteiger partial charge is 0.355 e. The maximum Gasteiger partial charge on any atom is 0.277 e. The number of carbonyl (C=O) groups excluding carboxylic acids is 1. The Morgan fingerprint density at radius 3 is 2.92 bits per heavy atom. The molecule has 0 aliphatic heterocycles. The van der Waals surface area contributed by atoms with Crippen LogP contribution in [0.5, 0.6) is 0 Å². The molecular weight excluding hydrogens is 338 g/mol. The zero-order chi connectivity index (χ0) is 17.1. The number of aromatic nitrogens is 4. The van der Waals surface area contributed by atoms with Crippen LogP contribution in [0.3, 0.4) is 0 Å². The van der Waals surface area contributed by atoms with Gasteiger partial charge in [-0.15, -0.1) is 0 Å². The minimum atomic E-state index is -0.350. The van der Waals surface area contributed by atoms with Crippen molar-refractivity contribution in [3.8, 4) is 11.3 Å². The van der Waals surface area contributed by atoms with E-state index in [2.05, 4.69) is 19.9 Å². The van der Waals surface area contributed by atoms with Gasteiger partial charge in [0.1, 0.15) is 0 Å². The van der Waals surface area contributed by atoms with E-state index >= 15 is 0 Å². The number of nitrogens with zero attached hydrogens (tertiary/aromatic N) is 4. The summed E-state index contributed by atoms with van der Waals surface area (Å²) < 4.78 is 10.9. The van der Waals surface area contributed by atoms with E-state index in [0.29, 0.717) is 18.0 Å². The van der Waals surface area contributed by atoms with Crippen LogP contribution >= 0.6 is 11.5 Å². The highest BCUT2D eigenvalue weighted by atomic mass is 32.1. The normalized spacial score (nSPS) is 10.7. The lowest BCUT2D eigenvalue weighted by molar-refractivity contribution is 0.101. The number of carbonyl (C=O) groups is 1. The van der Waals surface area contributed by atoms with Gasteiger partial charge < -0.3 is 9.84 Å². The second-order valence-electron chi connectivity index (χ2n) is 5.36. The number of anilines is 1. The molecule has 124 valence electrons. The number of nitrogens with one attached hydrogen (secondary N) is 1. The van der Waals surface area contributed by atoms with Gasteiger partial charge in [-0.3, -0.25) is 9.48 Å². The maximum absolute atomic E-state index is 12.3. The molecule has 1 amide bonds. The highest BCUT2D eigenvalue weighted by Gasteiger charge is 2.15. The van der Waals surface area contributed by atoms with Gasteiger partial charge >= 0.3 is 0 Å². The van der Waals surface area contributed by atoms with Crippen LogP contribution in [0, 0.1) is 0 Å². The Hall–Kier alpha value is -3.26. The Balaban J connectivity index is 1.43. The first-order valence-electron chi connectivity index (χ1n) is 7.52. The standard InChI is InChI=1S/C17H13N5O2S/c23-17(15-6-16(24-21-15)13-7-19-25-11-13)20-14-8-18-22(10-14)9-12-4-2-1-3-5-12/h1-8,10-11H,9H2,(H,20,23). The lowest BCUT2D eigenvalue weighted by Gasteiger charge is -2.01. The summed E-state index contributed by atoms with van der Waals surface area (Å²) in [5.74, 6) is 0.163. The molecule has 1 aromatic carbocycles. The van der Waals surface area contributed by atoms with Crippen LogP contribution in [0.2, 0.25) is 0 Å². The first kappa shape index (κ1) is 15.3. The van der Waals surface area contributed by atoms with Gasteiger partial charge in [0.2, 0.25) is 0 Å². The summed E-state index contributed by atoms with van der Waals surface area (Å²) in [6.45, 7) is 0.635. The molecule has 25 heavy (non-hydrogen) atoms. The van der Waals surface area contributed by atoms with E-state index in [1.807, 2.05) is 35.7 Å². The van der Waals surface area contributed by atoms with Crippen LogP contribution in [0.25, 0.3) is 11.3 Å². The van der Waals surface area contributed by atoms with Gasteiger partial charge in [0.25, 0.3) is 5.91 Å². The maximum atomic E-state index is 12.3. The lowest BCUT2D eigenvalue weighted by atomic mass is 10.2. The van der Waals surface area contributed by atoms with E-state index in [1.165, 1.54) is 11.5 Å². The second-order valence-corrected chi connectivity index (χ2v) is 6.01. The number of amides is 1. The molecule has 0 aliphatic carbocycles. The van der Waals surface area contributed by atoms with Crippen molar-refractivity contribution < 1.29 is 9.32 Å². The Bertz CT molecular complexity index is 976. The van der Waals surface area contributed by atoms with Crippen molar-refractivity contribution in [1.82, 2.24) is 19.3 Å². The summed E-state index contributed by atoms with van der Waals surface area (Å²) in [4.78, 5) is 12.3. The highest BCUT2D eigenvalue weighted by molar-refractivity contribution is 7.03. The van der Waals surface area contributed by atoms with Gasteiger partial charge in [-0.2, -0.15) is 5.10 Å². The van der Waals surface area contributed by atoms with Gasteiger partial charge in [0, 0.05) is 17.6 Å². The van der Waals surface area contributed by atoms with Gasteiger partial charge in [-0.25, -0.2) is 4.37 Å². The molecule has 0 aliphatic rings. The van der Waals surface area contributed by atoms with E-state index in [1.54, 1.807) is 29.3 Å². The van der Waals surface area contributed by atoms with E-state index in [-0.39, 0.29) is 11.6 Å². The molecule has 0 bridgehead atoms. The van der Waals surface area contributed by atoms with E-state index < -0.39 is 0 Å². The number of hydrogen-bond donors (Lipinski definition) is 1. The van der Waals surface area contributed by atoms with E-state index in [4.69, 9.17) is 4.52 Å². The molecule has 1 N–H and O–H groups in total. The SMILES string of the molecule is O=C(Nc1cnn(Cc2ccccc2)c1)c1cc(-c2cnsc2)on1. The van der Waals surface area contributed by atoms with E-state index in [9.17, 15) is 4.79 Å². The van der Waals surface area contributed by atoms with Crippen molar-refractivity contribution >= 4 is 23.1 Å². The number of rotatable bonds is 5. The first-order chi connectivity index (χ1) is 12.3. The summed E-state index contributed by atoms with van der Waals surface area (Å²) in [6.07, 6.45) is 5.04. The van der Waals surface area contributed by atoms with Crippen LogP contribution in [0.15, 0.2) is 64.9 Å². The molecule has 0 spiro atoms. The highest BCUT2D eigenvalue weighted by Crippen LogP contribution is 2.21. The van der Waals surface area contributed by atoms with Crippen LogP contribution < -0.4 is 5.32 Å². The molecule has 0 fully saturated rings. The van der Waals surface area contributed by atoms with Gasteiger partial charge in [-0.05, 0) is 17.1 Å². The van der Waals surface area contributed by atoms with Crippen molar-refractivity contribution in [3.05, 3.63) is 71.6 Å². The average molecular weight is 351 g/mol. The summed E-state index contributed by atoms with van der Waals surface area (Å²) in [6, 6.07) is 11.6. The smallest absolute Gasteiger partial charge is 0.277 e. The molecule has 0 radical (unpaired) electrons. The van der Waals surface area contributed by atoms with Crippen molar-refractivity contribution in [3.63, 3.8) is 0 Å². The average Bonchev–Trinajstić information content (AvgIpc) is 3.37. The molecule has 3 heterocycles. The van der Waals surface area contributed by atoms with Crippen molar-refractivity contribution in [2.45, 2.75) is 6.54 Å². The Labute approximate surface area is 147 Å². The molecule has 0 atom stereocenters. The third kappa shape index (κ3) is 3.48. The van der Waals surface area contributed by atoms with Crippen LogP contribution in [-0.2, 0) is 6.54 Å². The fraction of sp³-hybridized carbons (Fsp3) is 0.0588. The molecule has 4 rings (SSSR count). The predicted octanol–water partition coefficient (Wildman–Crippen LogP) is 3.30. The quantitative estimate of drug-likeness (QED) is 0.596. The third-order valence-electron chi connectivity index (χ3n) is 3.54. The van der Waals surface area contributed by atoms with Gasteiger partial charge in [-0.1, -0.05) is 35.5 Å². The van der Waals surface area contributed by atoms with Crippen molar-refractivity contribution in [2.75, 3.05) is 5.32 Å². The second kappa shape index (κ2) is 6.70. The predicted molar refractivity (Wildman–Crippen MR) is 93.3 cm³/mol. The minimum absolute atomic E-state index is 0.206. The zero-order valence-electron chi connectivity index (χ0n) is 13.0. The van der Waals surface area contributed by atoms with Crippen LogP contribution in [0.1, 0.15) is 16.1 Å². The molecular formula is C17H13N5O2S. The van der Waals surface area contributed by atoms with Crippen molar-refractivity contribution in [2.24, 2.45) is 0 Å². The zero-order valence-corrected chi connectivity index (χ0v) is 13.8. The van der Waals surface area contributed by atoms with Gasteiger partial charge in [0.15, 0.2) is 11.5 Å². The summed E-state index contributed by atoms with van der Waals surface area (Å²) in [5.41, 5.74) is 2.74. The number of hydrogen-bond acceptors (Lipinski definition) is 6. The summed E-state index contributed by atoms with van der Waals surface area (Å²) >= 11 is 1.31. The first-order valence-corrected chi connectivity index (χ1v) is 8.36. The topological polar surface area (TPSA) is 85.8 Å². The van der Waals surface area contributed by atoms with Crippen molar-refractivity contribution in [1.29, 1.82) is 0 Å². The molecule has 3 aromatic heterocycles. The summed E-state index contributed by atoms with van der Waals surface area (Å²) in [5, 5.41) is 12.7. The Morgan fingerprint density at radius 2 is 2.12 bits per heavy atom. The van der Waals surface area contributed by atoms with Crippen LogP contribution in [-0.4, -0.2) is 25.2 Å². The van der Waals surface area contributed by atoms with Gasteiger partial charge in [0.05, 0.1) is 30.2 Å². The Morgan fingerprint density at radius 1 is 1.24 bits per heavy atom. The minimum Gasteiger partial charge on any atom is -0.355 e. The monoisotopic (exact) mass is 351 g/mol. The Kier molecular flexibility index (Phi) is 4.09. The third-order valence-corrected chi connectivity index (χ3v) is 4.12. The fourth-order valence-electron chi connectivity index (χ4n) is 2.33. The fourth-order valence-corrected chi connectivity index (χ4v) is 2.85. The molecule has 0 unspecified atom stereocenters. The molecule has 0 saturated carbocycles. The molecule has 7 nitrogen and oxygen atoms in total. The van der Waals surface area contributed by atoms with E-state index in [0.717, 1.165) is 11.1 Å².